The molecule has 5 nitrogen and oxygen atoms in total. The summed E-state index contributed by atoms with van der Waals surface area (Å²) in [6.07, 6.45) is 1.72. The molecule has 0 radical (unpaired) electrons. The van der Waals surface area contributed by atoms with Gasteiger partial charge < -0.3 is 10.2 Å². The zero-order valence-electron chi connectivity index (χ0n) is 16.3. The van der Waals surface area contributed by atoms with Crippen LogP contribution in [0.15, 0.2) is 35.3 Å². The summed E-state index contributed by atoms with van der Waals surface area (Å²) in [5, 5.41) is 4.00. The van der Waals surface area contributed by atoms with Crippen molar-refractivity contribution in [1.29, 1.82) is 0 Å². The van der Waals surface area contributed by atoms with Crippen molar-refractivity contribution in [1.82, 2.24) is 10.2 Å². The van der Waals surface area contributed by atoms with Gasteiger partial charge in [0.2, 0.25) is 0 Å². The Morgan fingerprint density at radius 2 is 2.04 bits per heavy atom. The summed E-state index contributed by atoms with van der Waals surface area (Å²) >= 11 is 2.03. The number of benzene rings is 1. The molecule has 1 aliphatic heterocycles. The van der Waals surface area contributed by atoms with Crippen molar-refractivity contribution in [3.05, 3.63) is 35.9 Å². The fraction of sp³-hybridized carbons (Fsp3) is 0.632. The molecule has 1 aromatic rings. The standard InChI is InChI=1S/C19H31N3O2S2.HI/c1-3-18-15-22(12-13-25-18)19(20-4-2)21-11-8-14-26(23,24)16-17-9-6-5-7-10-17;/h5-7,9-10,18H,3-4,8,11-16H2,1-2H3,(H,20,21);1H. The molecule has 1 N–H and O–H groups in total. The van der Waals surface area contributed by atoms with Gasteiger partial charge in [0.25, 0.3) is 0 Å². The molecule has 1 unspecified atom stereocenters. The first-order valence-electron chi connectivity index (χ1n) is 9.43. The van der Waals surface area contributed by atoms with Gasteiger partial charge in [0.15, 0.2) is 15.8 Å². The highest BCUT2D eigenvalue weighted by Gasteiger charge is 2.21. The van der Waals surface area contributed by atoms with Gasteiger partial charge in [-0.1, -0.05) is 37.3 Å². The fourth-order valence-corrected chi connectivity index (χ4v) is 5.55. The second kappa shape index (κ2) is 12.9. The Morgan fingerprint density at radius 3 is 2.70 bits per heavy atom. The summed E-state index contributed by atoms with van der Waals surface area (Å²) < 4.78 is 24.6. The largest absolute Gasteiger partial charge is 0.357 e. The number of thioether (sulfide) groups is 1. The van der Waals surface area contributed by atoms with Gasteiger partial charge in [-0.05, 0) is 25.3 Å². The molecular weight excluding hydrogens is 493 g/mol. The average molecular weight is 526 g/mol. The van der Waals surface area contributed by atoms with Crippen molar-refractivity contribution in [2.75, 3.05) is 37.7 Å². The minimum Gasteiger partial charge on any atom is -0.357 e. The third kappa shape index (κ3) is 9.04. The number of aliphatic imine (C=N–C) groups is 1. The van der Waals surface area contributed by atoms with Gasteiger partial charge in [0, 0.05) is 37.2 Å². The highest BCUT2D eigenvalue weighted by Crippen LogP contribution is 2.21. The molecule has 0 saturated carbocycles. The summed E-state index contributed by atoms with van der Waals surface area (Å²) in [5.41, 5.74) is 0.848. The van der Waals surface area contributed by atoms with Gasteiger partial charge >= 0.3 is 0 Å². The topological polar surface area (TPSA) is 61.8 Å². The third-order valence-electron chi connectivity index (χ3n) is 4.33. The van der Waals surface area contributed by atoms with Gasteiger partial charge in [0.05, 0.1) is 11.5 Å². The molecule has 1 saturated heterocycles. The zero-order chi connectivity index (χ0) is 18.8. The Kier molecular flexibility index (Phi) is 11.7. The average Bonchev–Trinajstić information content (AvgIpc) is 2.64. The molecule has 8 heteroatoms. The SMILES string of the molecule is CCNC(=NCCCS(=O)(=O)Cc1ccccc1)N1CCSC(CC)C1.I. The Hall–Kier alpha value is -0.480. The minimum absolute atomic E-state index is 0. The molecule has 1 fully saturated rings. The molecule has 1 aliphatic rings. The van der Waals surface area contributed by atoms with Crippen molar-refractivity contribution in [2.45, 2.75) is 37.7 Å². The van der Waals surface area contributed by atoms with E-state index in [0.29, 0.717) is 18.2 Å². The summed E-state index contributed by atoms with van der Waals surface area (Å²) in [6, 6.07) is 9.36. The number of guanidine groups is 1. The molecular formula is C19H32IN3O2S2. The number of nitrogens with one attached hydrogen (secondary N) is 1. The van der Waals surface area contributed by atoms with E-state index in [1.807, 2.05) is 42.1 Å². The van der Waals surface area contributed by atoms with Gasteiger partial charge in [-0.15, -0.1) is 24.0 Å². The lowest BCUT2D eigenvalue weighted by Crippen LogP contribution is -2.48. The molecule has 154 valence electrons. The van der Waals surface area contributed by atoms with Crippen LogP contribution in [0.2, 0.25) is 0 Å². The second-order valence-corrected chi connectivity index (χ2v) is 10.1. The fourth-order valence-electron chi connectivity index (χ4n) is 2.95. The summed E-state index contributed by atoms with van der Waals surface area (Å²) in [4.78, 5) is 6.99. The van der Waals surface area contributed by atoms with E-state index in [-0.39, 0.29) is 35.5 Å². The van der Waals surface area contributed by atoms with Crippen LogP contribution in [0.4, 0.5) is 0 Å². The summed E-state index contributed by atoms with van der Waals surface area (Å²) in [7, 11) is -3.09. The number of hydrogen-bond donors (Lipinski definition) is 1. The maximum absolute atomic E-state index is 12.3. The molecule has 1 heterocycles. The molecule has 0 spiro atoms. The first-order valence-corrected chi connectivity index (χ1v) is 12.3. The lowest BCUT2D eigenvalue weighted by molar-refractivity contribution is 0.408. The first-order chi connectivity index (χ1) is 12.5. The van der Waals surface area contributed by atoms with Gasteiger partial charge in [-0.2, -0.15) is 11.8 Å². The Bertz CT molecular complexity index is 669. The zero-order valence-corrected chi connectivity index (χ0v) is 20.2. The quantitative estimate of drug-likeness (QED) is 0.244. The number of halogens is 1. The molecule has 0 aromatic heterocycles. The van der Waals surface area contributed by atoms with Crippen LogP contribution in [-0.4, -0.2) is 62.2 Å². The molecule has 1 aromatic carbocycles. The number of nitrogens with zero attached hydrogens (tertiary/aromatic N) is 2. The van der Waals surface area contributed by atoms with Crippen molar-refractivity contribution in [3.8, 4) is 0 Å². The summed E-state index contributed by atoms with van der Waals surface area (Å²) in [6.45, 7) is 7.67. The Balaban J connectivity index is 0.00000364. The predicted molar refractivity (Wildman–Crippen MR) is 128 cm³/mol. The van der Waals surface area contributed by atoms with E-state index in [9.17, 15) is 8.42 Å². The normalized spacial score (nSPS) is 18.1. The molecule has 1 atom stereocenters. The van der Waals surface area contributed by atoms with Crippen LogP contribution in [0.1, 0.15) is 32.3 Å². The van der Waals surface area contributed by atoms with Crippen molar-refractivity contribution in [3.63, 3.8) is 0 Å². The second-order valence-electron chi connectivity index (χ2n) is 6.51. The van der Waals surface area contributed by atoms with Crippen LogP contribution in [0.5, 0.6) is 0 Å². The molecule has 27 heavy (non-hydrogen) atoms. The summed E-state index contributed by atoms with van der Waals surface area (Å²) in [5.74, 6) is 2.33. The smallest absolute Gasteiger partial charge is 0.193 e. The van der Waals surface area contributed by atoms with Crippen LogP contribution in [0.3, 0.4) is 0 Å². The molecule has 0 bridgehead atoms. The van der Waals surface area contributed by atoms with E-state index in [0.717, 1.165) is 43.3 Å². The highest BCUT2D eigenvalue weighted by molar-refractivity contribution is 14.0. The Labute approximate surface area is 185 Å². The van der Waals surface area contributed by atoms with Gasteiger partial charge in [-0.3, -0.25) is 4.99 Å². The lowest BCUT2D eigenvalue weighted by Gasteiger charge is -2.34. The molecule has 0 aliphatic carbocycles. The van der Waals surface area contributed by atoms with Crippen molar-refractivity contribution >= 4 is 51.5 Å². The van der Waals surface area contributed by atoms with E-state index in [4.69, 9.17) is 0 Å². The monoisotopic (exact) mass is 525 g/mol. The first kappa shape index (κ1) is 24.6. The number of hydrogen-bond acceptors (Lipinski definition) is 4. The van der Waals surface area contributed by atoms with Crippen LogP contribution in [0, 0.1) is 0 Å². The van der Waals surface area contributed by atoms with E-state index in [1.165, 1.54) is 0 Å². The highest BCUT2D eigenvalue weighted by atomic mass is 127. The van der Waals surface area contributed by atoms with Gasteiger partial charge in [-0.25, -0.2) is 8.42 Å². The number of rotatable bonds is 8. The predicted octanol–water partition coefficient (Wildman–Crippen LogP) is 3.40. The Morgan fingerprint density at radius 1 is 1.30 bits per heavy atom. The molecule has 0 amide bonds. The minimum atomic E-state index is -3.09. The van der Waals surface area contributed by atoms with Crippen LogP contribution >= 0.6 is 35.7 Å². The van der Waals surface area contributed by atoms with Crippen LogP contribution in [-0.2, 0) is 15.6 Å². The van der Waals surface area contributed by atoms with Crippen LogP contribution in [0.25, 0.3) is 0 Å². The maximum Gasteiger partial charge on any atom is 0.193 e. The van der Waals surface area contributed by atoms with Crippen LogP contribution < -0.4 is 5.32 Å². The van der Waals surface area contributed by atoms with Gasteiger partial charge in [0.1, 0.15) is 0 Å². The van der Waals surface area contributed by atoms with Crippen molar-refractivity contribution in [2.24, 2.45) is 4.99 Å². The third-order valence-corrected chi connectivity index (χ3v) is 7.39. The van der Waals surface area contributed by atoms with E-state index in [2.05, 4.69) is 29.1 Å². The van der Waals surface area contributed by atoms with E-state index >= 15 is 0 Å². The van der Waals surface area contributed by atoms with E-state index < -0.39 is 9.84 Å². The number of sulfone groups is 1. The molecule has 2 rings (SSSR count). The lowest BCUT2D eigenvalue weighted by atomic mass is 10.2. The van der Waals surface area contributed by atoms with Crippen molar-refractivity contribution < 1.29 is 8.42 Å². The maximum atomic E-state index is 12.3. The van der Waals surface area contributed by atoms with E-state index in [1.54, 1.807) is 0 Å².